The summed E-state index contributed by atoms with van der Waals surface area (Å²) in [6, 6.07) is 2.04. The van der Waals surface area contributed by atoms with Crippen LogP contribution in [-0.4, -0.2) is 11.3 Å². The van der Waals surface area contributed by atoms with Gasteiger partial charge in [0, 0.05) is 5.56 Å². The molecule has 1 rings (SSSR count). The molecule has 1 aromatic carbocycles. The van der Waals surface area contributed by atoms with Gasteiger partial charge in [-0.15, -0.1) is 0 Å². The molecule has 0 saturated carbocycles. The van der Waals surface area contributed by atoms with E-state index in [4.69, 9.17) is 5.73 Å². The molecule has 0 heterocycles. The molecule has 0 aromatic heterocycles. The number of hydrogen-bond donors (Lipinski definition) is 2. The molecule has 90 valence electrons. The molecule has 5 heteroatoms. The number of rotatable bonds is 3. The lowest BCUT2D eigenvalue weighted by Crippen LogP contribution is -2.28. The predicted molar refractivity (Wildman–Crippen MR) is 55.1 cm³/mol. The minimum absolute atomic E-state index is 0.265. The van der Waals surface area contributed by atoms with Crippen LogP contribution >= 0.6 is 0 Å². The van der Waals surface area contributed by atoms with Crippen LogP contribution in [0.25, 0.3) is 0 Å². The molecule has 2 nitrogen and oxygen atoms in total. The van der Waals surface area contributed by atoms with E-state index in [-0.39, 0.29) is 5.56 Å². The number of aromatic hydroxyl groups is 1. The Morgan fingerprint density at radius 3 is 2.50 bits per heavy atom. The first-order valence-corrected chi connectivity index (χ1v) is 5.00. The minimum atomic E-state index is -4.54. The number of benzene rings is 1. The fourth-order valence-electron chi connectivity index (χ4n) is 1.47. The molecular weight excluding hydrogens is 219 g/mol. The third-order valence-electron chi connectivity index (χ3n) is 2.32. The standard InChI is InChI=1S/C11H14F3NO/c1-2-3-7-4-5-9(16)8(6-7)10(15)11(12,13)14/h4-6,10,16H,2-3,15H2,1H3/t10-/m0/s1. The fourth-order valence-corrected chi connectivity index (χ4v) is 1.47. The van der Waals surface area contributed by atoms with Crippen molar-refractivity contribution >= 4 is 0 Å². The first-order chi connectivity index (χ1) is 7.36. The van der Waals surface area contributed by atoms with Crippen molar-refractivity contribution in [3.05, 3.63) is 29.3 Å². The van der Waals surface area contributed by atoms with Crippen molar-refractivity contribution in [1.82, 2.24) is 0 Å². The van der Waals surface area contributed by atoms with Crippen LogP contribution in [0, 0.1) is 0 Å². The van der Waals surface area contributed by atoms with E-state index in [1.807, 2.05) is 6.92 Å². The molecule has 0 amide bonds. The average molecular weight is 233 g/mol. The van der Waals surface area contributed by atoms with Gasteiger partial charge in [0.1, 0.15) is 11.8 Å². The molecular formula is C11H14F3NO. The number of phenolic OH excluding ortho intramolecular Hbond substituents is 1. The molecule has 0 aliphatic carbocycles. The molecule has 0 unspecified atom stereocenters. The van der Waals surface area contributed by atoms with Crippen molar-refractivity contribution in [2.75, 3.05) is 0 Å². The highest BCUT2D eigenvalue weighted by Gasteiger charge is 2.39. The van der Waals surface area contributed by atoms with Gasteiger partial charge in [0.2, 0.25) is 0 Å². The van der Waals surface area contributed by atoms with Gasteiger partial charge in [-0.25, -0.2) is 0 Å². The van der Waals surface area contributed by atoms with Crippen LogP contribution in [0.2, 0.25) is 0 Å². The molecule has 0 fully saturated rings. The van der Waals surface area contributed by atoms with Gasteiger partial charge in [-0.1, -0.05) is 25.5 Å². The molecule has 16 heavy (non-hydrogen) atoms. The van der Waals surface area contributed by atoms with E-state index < -0.39 is 18.0 Å². The fraction of sp³-hybridized carbons (Fsp3) is 0.455. The van der Waals surface area contributed by atoms with Gasteiger partial charge in [0.15, 0.2) is 0 Å². The van der Waals surface area contributed by atoms with Crippen LogP contribution in [0.4, 0.5) is 13.2 Å². The van der Waals surface area contributed by atoms with E-state index in [2.05, 4.69) is 0 Å². The quantitative estimate of drug-likeness (QED) is 0.843. The van der Waals surface area contributed by atoms with E-state index >= 15 is 0 Å². The Morgan fingerprint density at radius 2 is 2.00 bits per heavy atom. The summed E-state index contributed by atoms with van der Waals surface area (Å²) in [6.45, 7) is 1.93. The molecule has 0 spiro atoms. The van der Waals surface area contributed by atoms with Gasteiger partial charge in [0.05, 0.1) is 0 Å². The molecule has 1 aromatic rings. The van der Waals surface area contributed by atoms with Gasteiger partial charge in [-0.2, -0.15) is 13.2 Å². The maximum absolute atomic E-state index is 12.4. The zero-order chi connectivity index (χ0) is 12.3. The van der Waals surface area contributed by atoms with Gasteiger partial charge in [-0.05, 0) is 18.1 Å². The van der Waals surface area contributed by atoms with E-state index in [1.165, 1.54) is 12.1 Å². The highest BCUT2D eigenvalue weighted by atomic mass is 19.4. The van der Waals surface area contributed by atoms with Gasteiger partial charge in [-0.3, -0.25) is 0 Å². The SMILES string of the molecule is CCCc1ccc(O)c([C@H](N)C(F)(F)F)c1. The van der Waals surface area contributed by atoms with Crippen molar-refractivity contribution in [1.29, 1.82) is 0 Å². The summed E-state index contributed by atoms with van der Waals surface area (Å²) in [4.78, 5) is 0. The molecule has 3 N–H and O–H groups in total. The molecule has 0 saturated heterocycles. The minimum Gasteiger partial charge on any atom is -0.508 e. The van der Waals surface area contributed by atoms with Crippen LogP contribution in [0.3, 0.4) is 0 Å². The summed E-state index contributed by atoms with van der Waals surface area (Å²) in [7, 11) is 0. The van der Waals surface area contributed by atoms with E-state index in [0.717, 1.165) is 12.0 Å². The number of alkyl halides is 3. The van der Waals surface area contributed by atoms with E-state index in [9.17, 15) is 18.3 Å². The van der Waals surface area contributed by atoms with Crippen LogP contribution in [0.15, 0.2) is 18.2 Å². The van der Waals surface area contributed by atoms with Gasteiger partial charge >= 0.3 is 6.18 Å². The van der Waals surface area contributed by atoms with Crippen molar-refractivity contribution in [3.8, 4) is 5.75 Å². The number of nitrogens with two attached hydrogens (primary N) is 1. The monoisotopic (exact) mass is 233 g/mol. The second-order valence-corrected chi connectivity index (χ2v) is 3.66. The highest BCUT2D eigenvalue weighted by Crippen LogP contribution is 2.35. The Hall–Kier alpha value is -1.23. The maximum atomic E-state index is 12.4. The van der Waals surface area contributed by atoms with Crippen molar-refractivity contribution in [2.24, 2.45) is 5.73 Å². The summed E-state index contributed by atoms with van der Waals surface area (Å²) >= 11 is 0. The van der Waals surface area contributed by atoms with Crippen LogP contribution in [0.1, 0.15) is 30.5 Å². The van der Waals surface area contributed by atoms with Crippen LogP contribution in [0.5, 0.6) is 5.75 Å². The first kappa shape index (κ1) is 12.8. The Balaban J connectivity index is 3.07. The van der Waals surface area contributed by atoms with Gasteiger partial charge in [0.25, 0.3) is 0 Å². The summed E-state index contributed by atoms with van der Waals surface area (Å²) in [5, 5.41) is 9.36. The maximum Gasteiger partial charge on any atom is 0.407 e. The summed E-state index contributed by atoms with van der Waals surface area (Å²) in [5.74, 6) is -0.412. The zero-order valence-electron chi connectivity index (χ0n) is 8.88. The molecule has 0 bridgehead atoms. The second-order valence-electron chi connectivity index (χ2n) is 3.66. The third kappa shape index (κ3) is 2.88. The Bertz CT molecular complexity index is 363. The number of aryl methyl sites for hydroxylation is 1. The predicted octanol–water partition coefficient (Wildman–Crippen LogP) is 2.91. The van der Waals surface area contributed by atoms with E-state index in [0.29, 0.717) is 6.42 Å². The lowest BCUT2D eigenvalue weighted by atomic mass is 10.0. The van der Waals surface area contributed by atoms with Crippen LogP contribution < -0.4 is 5.73 Å². The number of halogens is 3. The lowest BCUT2D eigenvalue weighted by Gasteiger charge is -2.17. The zero-order valence-corrected chi connectivity index (χ0v) is 8.88. The van der Waals surface area contributed by atoms with Crippen molar-refractivity contribution in [2.45, 2.75) is 32.0 Å². The highest BCUT2D eigenvalue weighted by molar-refractivity contribution is 5.39. The van der Waals surface area contributed by atoms with E-state index in [1.54, 1.807) is 6.07 Å². The van der Waals surface area contributed by atoms with Crippen molar-refractivity contribution in [3.63, 3.8) is 0 Å². The Labute approximate surface area is 91.9 Å². The largest absolute Gasteiger partial charge is 0.508 e. The smallest absolute Gasteiger partial charge is 0.407 e. The van der Waals surface area contributed by atoms with Crippen LogP contribution in [-0.2, 0) is 6.42 Å². The van der Waals surface area contributed by atoms with Gasteiger partial charge < -0.3 is 10.8 Å². The average Bonchev–Trinajstić information content (AvgIpc) is 2.19. The topological polar surface area (TPSA) is 46.2 Å². The number of hydrogen-bond acceptors (Lipinski definition) is 2. The Morgan fingerprint density at radius 1 is 1.38 bits per heavy atom. The van der Waals surface area contributed by atoms with Crippen molar-refractivity contribution < 1.29 is 18.3 Å². The number of phenols is 1. The Kier molecular flexibility index (Phi) is 3.80. The summed E-state index contributed by atoms with van der Waals surface area (Å²) in [5.41, 5.74) is 5.53. The molecule has 0 radical (unpaired) electrons. The lowest BCUT2D eigenvalue weighted by molar-refractivity contribution is -0.149. The molecule has 0 aliphatic heterocycles. The normalized spacial score (nSPS) is 13.8. The molecule has 0 aliphatic rings. The summed E-state index contributed by atoms with van der Waals surface area (Å²) < 4.78 is 37.2. The molecule has 1 atom stereocenters. The summed E-state index contributed by atoms with van der Waals surface area (Å²) in [6.07, 6.45) is -3.05. The first-order valence-electron chi connectivity index (χ1n) is 5.00. The third-order valence-corrected chi connectivity index (χ3v) is 2.32. The second kappa shape index (κ2) is 4.74.